The van der Waals surface area contributed by atoms with Crippen molar-refractivity contribution in [3.05, 3.63) is 94.7 Å². The summed E-state index contributed by atoms with van der Waals surface area (Å²) in [6.45, 7) is 3.68. The molecule has 4 rings (SSSR count). The molecule has 1 unspecified atom stereocenters. The maximum atomic E-state index is 13.6. The molecule has 178 valence electrons. The average molecular weight is 481 g/mol. The number of amides is 1. The number of aliphatic hydroxyl groups excluding tert-OH is 1. The second-order valence-electron chi connectivity index (χ2n) is 8.44. The molecule has 2 aromatic carbocycles. The summed E-state index contributed by atoms with van der Waals surface area (Å²) in [5.74, 6) is -0.517. The van der Waals surface area contributed by atoms with E-state index in [-0.39, 0.29) is 23.6 Å². The largest absolute Gasteiger partial charge is 0.448 e. The fourth-order valence-electron chi connectivity index (χ4n) is 3.95. The maximum absolute atomic E-state index is 13.6. The Bertz CT molecular complexity index is 1060. The van der Waals surface area contributed by atoms with E-state index in [1.807, 2.05) is 74.5 Å². The number of thioether (sulfide) groups is 1. The van der Waals surface area contributed by atoms with Crippen LogP contribution in [0.25, 0.3) is 0 Å². The van der Waals surface area contributed by atoms with Crippen molar-refractivity contribution in [2.45, 2.75) is 37.7 Å². The van der Waals surface area contributed by atoms with Gasteiger partial charge in [0.25, 0.3) is 0 Å². The zero-order valence-electron chi connectivity index (χ0n) is 19.1. The highest BCUT2D eigenvalue weighted by atomic mass is 32.2. The zero-order chi connectivity index (χ0) is 24.2. The van der Waals surface area contributed by atoms with E-state index in [1.54, 1.807) is 6.08 Å². The Kier molecular flexibility index (Phi) is 7.53. The first-order valence-corrected chi connectivity index (χ1v) is 12.1. The van der Waals surface area contributed by atoms with Crippen LogP contribution in [0.4, 0.5) is 0 Å². The number of hydrogen-bond donors (Lipinski definition) is 2. The summed E-state index contributed by atoms with van der Waals surface area (Å²) in [5, 5.41) is 9.77. The van der Waals surface area contributed by atoms with E-state index in [4.69, 9.17) is 15.2 Å². The highest BCUT2D eigenvalue weighted by Gasteiger charge is 2.52. The topological polar surface area (TPSA) is 102 Å². The monoisotopic (exact) mass is 480 g/mol. The molecule has 0 aromatic heterocycles. The SMILES string of the molecule is CC(C)=CC(O)OCC1=C(C(=O)OC(c2ccccc2)c2ccccc2)N2C(=O)[C@@H](N)[C@H]2SC1. The van der Waals surface area contributed by atoms with Crippen LogP contribution in [0.2, 0.25) is 0 Å². The van der Waals surface area contributed by atoms with Gasteiger partial charge in [0.2, 0.25) is 5.91 Å². The number of nitrogens with two attached hydrogens (primary N) is 1. The predicted octanol–water partition coefficient (Wildman–Crippen LogP) is 3.12. The summed E-state index contributed by atoms with van der Waals surface area (Å²) in [4.78, 5) is 27.6. The molecule has 0 saturated carbocycles. The van der Waals surface area contributed by atoms with Crippen molar-refractivity contribution in [1.82, 2.24) is 4.90 Å². The summed E-state index contributed by atoms with van der Waals surface area (Å²) in [6, 6.07) is 18.2. The molecule has 0 spiro atoms. The molecule has 1 saturated heterocycles. The van der Waals surface area contributed by atoms with E-state index >= 15 is 0 Å². The third-order valence-electron chi connectivity index (χ3n) is 5.62. The van der Waals surface area contributed by atoms with Gasteiger partial charge < -0.3 is 20.3 Å². The van der Waals surface area contributed by atoms with E-state index in [2.05, 4.69) is 0 Å². The van der Waals surface area contributed by atoms with Gasteiger partial charge in [-0.1, -0.05) is 66.2 Å². The number of benzene rings is 2. The Morgan fingerprint density at radius 2 is 1.74 bits per heavy atom. The normalized spacial score (nSPS) is 20.5. The Balaban J connectivity index is 1.65. The lowest BCUT2D eigenvalue weighted by Gasteiger charge is -2.48. The van der Waals surface area contributed by atoms with Crippen molar-refractivity contribution in [3.63, 3.8) is 0 Å². The Hall–Kier alpha value is -2.91. The van der Waals surface area contributed by atoms with Crippen LogP contribution in [0.3, 0.4) is 0 Å². The van der Waals surface area contributed by atoms with Crippen LogP contribution in [0.5, 0.6) is 0 Å². The zero-order valence-corrected chi connectivity index (χ0v) is 19.9. The second-order valence-corrected chi connectivity index (χ2v) is 9.55. The maximum Gasteiger partial charge on any atom is 0.356 e. The number of esters is 1. The van der Waals surface area contributed by atoms with Crippen molar-refractivity contribution in [3.8, 4) is 0 Å². The van der Waals surface area contributed by atoms with Crippen LogP contribution in [0.1, 0.15) is 31.1 Å². The van der Waals surface area contributed by atoms with Crippen LogP contribution in [-0.2, 0) is 19.1 Å². The molecule has 0 radical (unpaired) electrons. The molecule has 2 heterocycles. The fourth-order valence-corrected chi connectivity index (χ4v) is 5.22. The van der Waals surface area contributed by atoms with Crippen LogP contribution in [0.15, 0.2) is 83.6 Å². The van der Waals surface area contributed by atoms with Crippen molar-refractivity contribution in [1.29, 1.82) is 0 Å². The summed E-state index contributed by atoms with van der Waals surface area (Å²) < 4.78 is 11.6. The van der Waals surface area contributed by atoms with E-state index in [1.165, 1.54) is 16.7 Å². The summed E-state index contributed by atoms with van der Waals surface area (Å²) in [6.07, 6.45) is -0.199. The molecule has 3 N–H and O–H groups in total. The van der Waals surface area contributed by atoms with Gasteiger partial charge in [0.05, 0.1) is 6.61 Å². The molecule has 2 aliphatic heterocycles. The van der Waals surface area contributed by atoms with Crippen molar-refractivity contribution in [2.24, 2.45) is 5.73 Å². The van der Waals surface area contributed by atoms with Crippen LogP contribution < -0.4 is 5.73 Å². The minimum Gasteiger partial charge on any atom is -0.448 e. The first-order valence-electron chi connectivity index (χ1n) is 11.0. The number of ether oxygens (including phenoxy) is 2. The number of aliphatic hydroxyl groups is 1. The van der Waals surface area contributed by atoms with Crippen LogP contribution in [0, 0.1) is 0 Å². The third kappa shape index (κ3) is 5.10. The Morgan fingerprint density at radius 1 is 1.15 bits per heavy atom. The molecule has 0 bridgehead atoms. The summed E-state index contributed by atoms with van der Waals surface area (Å²) >= 11 is 1.47. The number of hydrogen-bond acceptors (Lipinski definition) is 7. The lowest BCUT2D eigenvalue weighted by atomic mass is 10.0. The second kappa shape index (κ2) is 10.6. The Morgan fingerprint density at radius 3 is 2.29 bits per heavy atom. The van der Waals surface area contributed by atoms with E-state index in [0.717, 1.165) is 16.7 Å². The molecule has 2 aromatic rings. The minimum absolute atomic E-state index is 0.0184. The highest BCUT2D eigenvalue weighted by molar-refractivity contribution is 8.00. The fraction of sp³-hybridized carbons (Fsp3) is 0.308. The molecule has 2 aliphatic rings. The summed E-state index contributed by atoms with van der Waals surface area (Å²) in [7, 11) is 0. The number of nitrogens with zero attached hydrogens (tertiary/aromatic N) is 1. The summed E-state index contributed by atoms with van der Waals surface area (Å²) in [5.41, 5.74) is 9.23. The number of carbonyl (C=O) groups excluding carboxylic acids is 2. The van der Waals surface area contributed by atoms with E-state index < -0.39 is 24.4 Å². The molecular formula is C26H28N2O5S. The lowest BCUT2D eigenvalue weighted by Crippen LogP contribution is -2.68. The number of β-lactam (4-membered cyclic amide) rings is 1. The molecule has 0 aliphatic carbocycles. The third-order valence-corrected chi connectivity index (χ3v) is 6.98. The molecule has 3 atom stereocenters. The predicted molar refractivity (Wildman–Crippen MR) is 130 cm³/mol. The van der Waals surface area contributed by atoms with Gasteiger partial charge in [0, 0.05) is 5.75 Å². The molecule has 7 nitrogen and oxygen atoms in total. The van der Waals surface area contributed by atoms with Gasteiger partial charge in [0.15, 0.2) is 12.4 Å². The Labute approximate surface area is 203 Å². The molecular weight excluding hydrogens is 452 g/mol. The quantitative estimate of drug-likeness (QED) is 0.259. The highest BCUT2D eigenvalue weighted by Crippen LogP contribution is 2.41. The first kappa shape index (κ1) is 24.2. The molecule has 1 fully saturated rings. The van der Waals surface area contributed by atoms with Gasteiger partial charge in [-0.05, 0) is 36.6 Å². The van der Waals surface area contributed by atoms with Crippen molar-refractivity contribution in [2.75, 3.05) is 12.4 Å². The number of carbonyl (C=O) groups is 2. The molecule has 1 amide bonds. The minimum atomic E-state index is -1.12. The molecule has 8 heteroatoms. The smallest absolute Gasteiger partial charge is 0.356 e. The lowest BCUT2D eigenvalue weighted by molar-refractivity contribution is -0.153. The average Bonchev–Trinajstić information content (AvgIpc) is 2.85. The van der Waals surface area contributed by atoms with Gasteiger partial charge in [-0.25, -0.2) is 4.79 Å². The van der Waals surface area contributed by atoms with Crippen LogP contribution >= 0.6 is 11.8 Å². The van der Waals surface area contributed by atoms with Crippen molar-refractivity contribution < 1.29 is 24.2 Å². The number of rotatable bonds is 8. The van der Waals surface area contributed by atoms with Gasteiger partial charge in [-0.2, -0.15) is 0 Å². The molecule has 34 heavy (non-hydrogen) atoms. The standard InChI is InChI=1S/C26H28N2O5S/c1-16(2)13-20(29)32-14-19-15-34-25-21(27)24(30)28(25)22(19)26(31)33-23(17-9-5-3-6-10-17)18-11-7-4-8-12-18/h3-13,20-21,23,25,29H,14-15,27H2,1-2H3/t20?,21-,25-/m1/s1. The van der Waals surface area contributed by atoms with Gasteiger partial charge in [-0.3, -0.25) is 9.69 Å². The van der Waals surface area contributed by atoms with Gasteiger partial charge in [0.1, 0.15) is 17.1 Å². The van der Waals surface area contributed by atoms with Crippen LogP contribution in [-0.4, -0.2) is 51.9 Å². The number of allylic oxidation sites excluding steroid dienone is 1. The first-order chi connectivity index (χ1) is 16.4. The number of fused-ring (bicyclic) bond motifs is 1. The van der Waals surface area contributed by atoms with Gasteiger partial charge in [-0.15, -0.1) is 11.8 Å². The van der Waals surface area contributed by atoms with Gasteiger partial charge >= 0.3 is 5.97 Å². The van der Waals surface area contributed by atoms with Crippen molar-refractivity contribution >= 4 is 23.6 Å². The van der Waals surface area contributed by atoms with E-state index in [9.17, 15) is 14.7 Å². The van der Waals surface area contributed by atoms with E-state index in [0.29, 0.717) is 11.3 Å².